The van der Waals surface area contributed by atoms with E-state index in [0.717, 1.165) is 0 Å². The van der Waals surface area contributed by atoms with Crippen LogP contribution in [0.3, 0.4) is 0 Å². The van der Waals surface area contributed by atoms with E-state index in [2.05, 4.69) is 10.5 Å². The van der Waals surface area contributed by atoms with Crippen LogP contribution < -0.4 is 11.1 Å². The SMILES string of the molecule is CC(C)(N)C(=O)Nc1ccc(N=O)cc1. The number of hydrogen-bond acceptors (Lipinski definition) is 4. The lowest BCUT2D eigenvalue weighted by molar-refractivity contribution is -0.120. The van der Waals surface area contributed by atoms with Crippen LogP contribution in [0, 0.1) is 4.91 Å². The number of nitrogens with two attached hydrogens (primary N) is 1. The molecule has 0 spiro atoms. The highest BCUT2D eigenvalue weighted by Gasteiger charge is 2.21. The summed E-state index contributed by atoms with van der Waals surface area (Å²) in [6.45, 7) is 3.23. The van der Waals surface area contributed by atoms with Gasteiger partial charge in [0.1, 0.15) is 5.69 Å². The molecule has 5 nitrogen and oxygen atoms in total. The van der Waals surface area contributed by atoms with Gasteiger partial charge in [0.05, 0.1) is 5.54 Å². The lowest BCUT2D eigenvalue weighted by Crippen LogP contribution is -2.45. The molecule has 0 saturated heterocycles. The van der Waals surface area contributed by atoms with E-state index in [4.69, 9.17) is 5.73 Å². The van der Waals surface area contributed by atoms with Crippen LogP contribution in [0.4, 0.5) is 11.4 Å². The molecule has 3 N–H and O–H groups in total. The number of hydrogen-bond donors (Lipinski definition) is 2. The molecule has 0 heterocycles. The Morgan fingerprint density at radius 3 is 2.27 bits per heavy atom. The van der Waals surface area contributed by atoms with Crippen molar-refractivity contribution in [3.05, 3.63) is 29.2 Å². The lowest BCUT2D eigenvalue weighted by atomic mass is 10.1. The maximum Gasteiger partial charge on any atom is 0.243 e. The highest BCUT2D eigenvalue weighted by molar-refractivity contribution is 5.97. The number of nitrogens with one attached hydrogen (secondary N) is 1. The number of anilines is 1. The van der Waals surface area contributed by atoms with E-state index in [1.165, 1.54) is 12.1 Å². The fraction of sp³-hybridized carbons (Fsp3) is 0.300. The molecule has 0 atom stereocenters. The largest absolute Gasteiger partial charge is 0.325 e. The summed E-state index contributed by atoms with van der Waals surface area (Å²) in [6.07, 6.45) is 0. The molecule has 1 aromatic rings. The highest BCUT2D eigenvalue weighted by atomic mass is 16.3. The minimum atomic E-state index is -0.929. The van der Waals surface area contributed by atoms with Gasteiger partial charge in [-0.2, -0.15) is 0 Å². The van der Waals surface area contributed by atoms with Gasteiger partial charge in [-0.1, -0.05) is 0 Å². The summed E-state index contributed by atoms with van der Waals surface area (Å²) in [5, 5.41) is 5.38. The van der Waals surface area contributed by atoms with Crippen molar-refractivity contribution in [3.63, 3.8) is 0 Å². The Balaban J connectivity index is 2.74. The molecular formula is C10H13N3O2. The molecule has 80 valence electrons. The van der Waals surface area contributed by atoms with Crippen LogP contribution in [-0.2, 0) is 4.79 Å². The summed E-state index contributed by atoms with van der Waals surface area (Å²) in [5.41, 5.74) is 5.58. The van der Waals surface area contributed by atoms with Crippen LogP contribution in [0.15, 0.2) is 29.4 Å². The summed E-state index contributed by atoms with van der Waals surface area (Å²) in [6, 6.07) is 6.24. The maximum absolute atomic E-state index is 11.5. The van der Waals surface area contributed by atoms with Gasteiger partial charge in [-0.25, -0.2) is 0 Å². The minimum absolute atomic E-state index is 0.283. The third-order valence-corrected chi connectivity index (χ3v) is 1.82. The molecule has 1 aromatic carbocycles. The first-order valence-electron chi connectivity index (χ1n) is 4.47. The van der Waals surface area contributed by atoms with Crippen molar-refractivity contribution in [1.29, 1.82) is 0 Å². The Morgan fingerprint density at radius 1 is 1.33 bits per heavy atom. The first-order chi connectivity index (χ1) is 6.93. The van der Waals surface area contributed by atoms with Gasteiger partial charge in [0, 0.05) is 5.69 Å². The molecule has 0 radical (unpaired) electrons. The zero-order valence-corrected chi connectivity index (χ0v) is 8.65. The average Bonchev–Trinajstić information content (AvgIpc) is 2.17. The summed E-state index contributed by atoms with van der Waals surface area (Å²) >= 11 is 0. The Kier molecular flexibility index (Phi) is 3.16. The standard InChI is InChI=1S/C10H13N3O2/c1-10(2,11)9(14)12-7-3-5-8(13-15)6-4-7/h3-6H,11H2,1-2H3,(H,12,14). The Morgan fingerprint density at radius 2 is 1.87 bits per heavy atom. The molecule has 15 heavy (non-hydrogen) atoms. The molecule has 0 bridgehead atoms. The van der Waals surface area contributed by atoms with Crippen LogP contribution in [0.1, 0.15) is 13.8 Å². The molecule has 0 saturated carbocycles. The van der Waals surface area contributed by atoms with E-state index in [9.17, 15) is 9.70 Å². The second-order valence-electron chi connectivity index (χ2n) is 3.81. The second kappa shape index (κ2) is 4.18. The lowest BCUT2D eigenvalue weighted by Gasteiger charge is -2.17. The molecule has 0 aliphatic carbocycles. The fourth-order valence-electron chi connectivity index (χ4n) is 0.898. The minimum Gasteiger partial charge on any atom is -0.325 e. The summed E-state index contributed by atoms with van der Waals surface area (Å²) in [5.74, 6) is -0.283. The van der Waals surface area contributed by atoms with Crippen LogP contribution in [0.25, 0.3) is 0 Å². The van der Waals surface area contributed by atoms with Gasteiger partial charge in [0.15, 0.2) is 0 Å². The van der Waals surface area contributed by atoms with Gasteiger partial charge < -0.3 is 11.1 Å². The van der Waals surface area contributed by atoms with Crippen molar-refractivity contribution in [1.82, 2.24) is 0 Å². The summed E-state index contributed by atoms with van der Waals surface area (Å²) < 4.78 is 0. The first kappa shape index (κ1) is 11.3. The number of rotatable bonds is 3. The quantitative estimate of drug-likeness (QED) is 0.740. The first-order valence-corrected chi connectivity index (χ1v) is 4.47. The number of carbonyl (C=O) groups is 1. The van der Waals surface area contributed by atoms with Crippen LogP contribution in [0.5, 0.6) is 0 Å². The predicted octanol–water partition coefficient (Wildman–Crippen LogP) is 1.76. The van der Waals surface area contributed by atoms with Crippen molar-refractivity contribution in [2.24, 2.45) is 10.9 Å². The maximum atomic E-state index is 11.5. The van der Waals surface area contributed by atoms with E-state index < -0.39 is 5.54 Å². The Hall–Kier alpha value is -1.75. The normalized spacial score (nSPS) is 10.9. The summed E-state index contributed by atoms with van der Waals surface area (Å²) in [7, 11) is 0. The fourth-order valence-corrected chi connectivity index (χ4v) is 0.898. The van der Waals surface area contributed by atoms with Gasteiger partial charge in [0.2, 0.25) is 5.91 Å². The molecule has 0 aliphatic rings. The summed E-state index contributed by atoms with van der Waals surface area (Å²) in [4.78, 5) is 21.6. The molecule has 0 aliphatic heterocycles. The van der Waals surface area contributed by atoms with E-state index in [1.807, 2.05) is 0 Å². The third kappa shape index (κ3) is 3.14. The molecule has 1 amide bonds. The number of benzene rings is 1. The second-order valence-corrected chi connectivity index (χ2v) is 3.81. The number of carbonyl (C=O) groups excluding carboxylic acids is 1. The van der Waals surface area contributed by atoms with Crippen molar-refractivity contribution in [3.8, 4) is 0 Å². The third-order valence-electron chi connectivity index (χ3n) is 1.82. The highest BCUT2D eigenvalue weighted by Crippen LogP contribution is 2.16. The van der Waals surface area contributed by atoms with Gasteiger partial charge in [-0.05, 0) is 43.3 Å². The molecular weight excluding hydrogens is 194 g/mol. The Bertz CT molecular complexity index is 365. The van der Waals surface area contributed by atoms with Gasteiger partial charge in [0.25, 0.3) is 0 Å². The van der Waals surface area contributed by atoms with Crippen LogP contribution in [0.2, 0.25) is 0 Å². The van der Waals surface area contributed by atoms with Gasteiger partial charge in [-0.15, -0.1) is 4.91 Å². The van der Waals surface area contributed by atoms with Crippen LogP contribution >= 0.6 is 0 Å². The van der Waals surface area contributed by atoms with Crippen molar-refractivity contribution >= 4 is 17.3 Å². The number of nitroso groups, excluding NO2 is 1. The average molecular weight is 207 g/mol. The smallest absolute Gasteiger partial charge is 0.243 e. The number of amides is 1. The van der Waals surface area contributed by atoms with Crippen molar-refractivity contribution < 1.29 is 4.79 Å². The molecule has 1 rings (SSSR count). The monoisotopic (exact) mass is 207 g/mol. The van der Waals surface area contributed by atoms with Crippen LogP contribution in [-0.4, -0.2) is 11.4 Å². The zero-order chi connectivity index (χ0) is 11.5. The van der Waals surface area contributed by atoms with E-state index in [1.54, 1.807) is 26.0 Å². The van der Waals surface area contributed by atoms with Crippen molar-refractivity contribution in [2.45, 2.75) is 19.4 Å². The zero-order valence-electron chi connectivity index (χ0n) is 8.65. The Labute approximate surface area is 87.6 Å². The van der Waals surface area contributed by atoms with E-state index in [-0.39, 0.29) is 5.91 Å². The van der Waals surface area contributed by atoms with E-state index in [0.29, 0.717) is 11.4 Å². The molecule has 0 fully saturated rings. The van der Waals surface area contributed by atoms with Crippen molar-refractivity contribution in [2.75, 3.05) is 5.32 Å². The molecule has 0 aromatic heterocycles. The van der Waals surface area contributed by atoms with E-state index >= 15 is 0 Å². The predicted molar refractivity (Wildman–Crippen MR) is 58.8 cm³/mol. The van der Waals surface area contributed by atoms with Gasteiger partial charge >= 0.3 is 0 Å². The topological polar surface area (TPSA) is 84.6 Å². The molecule has 5 heteroatoms. The number of nitrogens with zero attached hydrogens (tertiary/aromatic N) is 1. The molecule has 0 unspecified atom stereocenters. The van der Waals surface area contributed by atoms with Gasteiger partial charge in [-0.3, -0.25) is 4.79 Å².